The number of nitrogens with zero attached hydrogens (tertiary/aromatic N) is 1. The first-order chi connectivity index (χ1) is 14.5. The Balaban J connectivity index is 1.60. The largest absolute Gasteiger partial charge is 0.459 e. The van der Waals surface area contributed by atoms with E-state index in [9.17, 15) is 9.59 Å². The van der Waals surface area contributed by atoms with E-state index in [0.29, 0.717) is 28.4 Å². The number of ether oxygens (including phenoxy) is 1. The summed E-state index contributed by atoms with van der Waals surface area (Å²) in [5, 5.41) is 2.49. The van der Waals surface area contributed by atoms with Crippen molar-refractivity contribution in [2.75, 3.05) is 13.1 Å². The maximum Gasteiger partial charge on any atom is 0.330 e. The van der Waals surface area contributed by atoms with Crippen LogP contribution in [0.25, 0.3) is 0 Å². The number of ketones is 1. The molecule has 2 unspecified atom stereocenters. The highest BCUT2D eigenvalue weighted by atomic mass is 35.5. The van der Waals surface area contributed by atoms with Gasteiger partial charge in [-0.15, -0.1) is 5.06 Å². The molecular formula is C24H26ClNO4. The zero-order valence-corrected chi connectivity index (χ0v) is 17.8. The third-order valence-corrected chi connectivity index (χ3v) is 5.49. The van der Waals surface area contributed by atoms with E-state index < -0.39 is 0 Å². The van der Waals surface area contributed by atoms with Crippen molar-refractivity contribution in [1.29, 1.82) is 0 Å². The van der Waals surface area contributed by atoms with Gasteiger partial charge in [0.25, 0.3) is 0 Å². The number of rotatable bonds is 8. The number of hydroxylamine groups is 2. The second kappa shape index (κ2) is 10.4. The van der Waals surface area contributed by atoms with Gasteiger partial charge in [-0.25, -0.2) is 4.79 Å². The van der Waals surface area contributed by atoms with E-state index in [2.05, 4.69) is 6.58 Å². The van der Waals surface area contributed by atoms with Crippen LogP contribution in [0.4, 0.5) is 0 Å². The van der Waals surface area contributed by atoms with Gasteiger partial charge in [0.2, 0.25) is 0 Å². The molecule has 0 aliphatic carbocycles. The van der Waals surface area contributed by atoms with E-state index in [4.69, 9.17) is 21.2 Å². The smallest absolute Gasteiger partial charge is 0.330 e. The van der Waals surface area contributed by atoms with Crippen LogP contribution in [0.2, 0.25) is 5.02 Å². The van der Waals surface area contributed by atoms with Crippen LogP contribution < -0.4 is 4.84 Å². The van der Waals surface area contributed by atoms with E-state index in [1.165, 1.54) is 6.08 Å². The number of carbonyl (C=O) groups is 2. The standard InChI is InChI=1S/C24H26ClNO4/c1-3-22(29-23(27)4-2)19-6-5-15-26(16-19)30-21-13-9-18(10-14-21)24(28)17-7-11-20(25)12-8-17/h4,7-14,19,22H,2-3,5-6,15-16H2,1H3. The van der Waals surface area contributed by atoms with Crippen molar-refractivity contribution in [2.45, 2.75) is 32.3 Å². The van der Waals surface area contributed by atoms with Gasteiger partial charge in [0, 0.05) is 41.2 Å². The highest BCUT2D eigenvalue weighted by molar-refractivity contribution is 6.30. The minimum absolute atomic E-state index is 0.0638. The number of carbonyl (C=O) groups excluding carboxylic acids is 2. The lowest BCUT2D eigenvalue weighted by molar-refractivity contribution is -0.152. The molecule has 1 heterocycles. The summed E-state index contributed by atoms with van der Waals surface area (Å²) in [6.07, 6.45) is 3.74. The number of halogens is 1. The lowest BCUT2D eigenvalue weighted by Gasteiger charge is -2.35. The summed E-state index contributed by atoms with van der Waals surface area (Å²) in [5.74, 6) is 0.421. The fraction of sp³-hybridized carbons (Fsp3) is 0.333. The molecule has 1 fully saturated rings. The van der Waals surface area contributed by atoms with Crippen molar-refractivity contribution in [3.8, 4) is 5.75 Å². The zero-order valence-electron chi connectivity index (χ0n) is 17.1. The molecule has 3 rings (SSSR count). The SMILES string of the molecule is C=CC(=O)OC(CC)C1CCCN(Oc2ccc(C(=O)c3ccc(Cl)cc3)cc2)C1. The zero-order chi connectivity index (χ0) is 21.5. The fourth-order valence-electron chi connectivity index (χ4n) is 3.65. The van der Waals surface area contributed by atoms with Crippen molar-refractivity contribution in [1.82, 2.24) is 5.06 Å². The normalized spacial score (nSPS) is 17.7. The topological polar surface area (TPSA) is 55.8 Å². The van der Waals surface area contributed by atoms with E-state index in [-0.39, 0.29) is 23.8 Å². The molecule has 0 spiro atoms. The molecule has 0 aromatic heterocycles. The second-order valence-electron chi connectivity index (χ2n) is 7.33. The first-order valence-electron chi connectivity index (χ1n) is 10.2. The van der Waals surface area contributed by atoms with Crippen LogP contribution in [0.15, 0.2) is 61.2 Å². The number of piperidine rings is 1. The summed E-state index contributed by atoms with van der Waals surface area (Å²) in [4.78, 5) is 30.2. The molecule has 0 bridgehead atoms. The molecule has 1 saturated heterocycles. The first-order valence-corrected chi connectivity index (χ1v) is 10.5. The van der Waals surface area contributed by atoms with Crippen molar-refractivity contribution < 1.29 is 19.2 Å². The van der Waals surface area contributed by atoms with Crippen molar-refractivity contribution in [2.24, 2.45) is 5.92 Å². The van der Waals surface area contributed by atoms with Gasteiger partial charge in [0.15, 0.2) is 5.78 Å². The van der Waals surface area contributed by atoms with Gasteiger partial charge in [0.05, 0.1) is 0 Å². The van der Waals surface area contributed by atoms with Crippen LogP contribution in [0, 0.1) is 5.92 Å². The monoisotopic (exact) mass is 427 g/mol. The molecule has 5 nitrogen and oxygen atoms in total. The molecule has 30 heavy (non-hydrogen) atoms. The Morgan fingerprint density at radius 2 is 1.80 bits per heavy atom. The van der Waals surface area contributed by atoms with E-state index in [0.717, 1.165) is 25.8 Å². The van der Waals surface area contributed by atoms with Crippen molar-refractivity contribution in [3.05, 3.63) is 77.3 Å². The molecule has 2 aromatic carbocycles. The maximum absolute atomic E-state index is 12.6. The predicted molar refractivity (Wildman–Crippen MR) is 117 cm³/mol. The van der Waals surface area contributed by atoms with Crippen LogP contribution in [-0.2, 0) is 9.53 Å². The molecule has 0 amide bonds. The second-order valence-corrected chi connectivity index (χ2v) is 7.77. The number of hydrogen-bond donors (Lipinski definition) is 0. The van der Waals surface area contributed by atoms with Crippen LogP contribution >= 0.6 is 11.6 Å². The summed E-state index contributed by atoms with van der Waals surface area (Å²) >= 11 is 5.89. The van der Waals surface area contributed by atoms with Gasteiger partial charge in [-0.2, -0.15) is 0 Å². The summed E-state index contributed by atoms with van der Waals surface area (Å²) in [5.41, 5.74) is 1.18. The molecule has 0 radical (unpaired) electrons. The Kier molecular flexibility index (Phi) is 7.66. The Bertz CT molecular complexity index is 879. The summed E-state index contributed by atoms with van der Waals surface area (Å²) in [6, 6.07) is 13.9. The maximum atomic E-state index is 12.6. The van der Waals surface area contributed by atoms with Crippen molar-refractivity contribution in [3.63, 3.8) is 0 Å². The molecule has 6 heteroatoms. The van der Waals surface area contributed by atoms with E-state index >= 15 is 0 Å². The van der Waals surface area contributed by atoms with Crippen LogP contribution in [0.3, 0.4) is 0 Å². The van der Waals surface area contributed by atoms with Crippen LogP contribution in [0.1, 0.15) is 42.1 Å². The lowest BCUT2D eigenvalue weighted by atomic mass is 9.92. The molecule has 158 valence electrons. The van der Waals surface area contributed by atoms with E-state index in [1.807, 2.05) is 12.0 Å². The van der Waals surface area contributed by atoms with Crippen molar-refractivity contribution >= 4 is 23.4 Å². The molecule has 0 saturated carbocycles. The van der Waals surface area contributed by atoms with Gasteiger partial charge in [-0.05, 0) is 67.8 Å². The third kappa shape index (κ3) is 5.71. The number of esters is 1. The summed E-state index contributed by atoms with van der Waals surface area (Å²) in [7, 11) is 0. The Labute approximate surface area is 182 Å². The minimum atomic E-state index is -0.388. The van der Waals surface area contributed by atoms with Gasteiger partial charge in [-0.1, -0.05) is 25.1 Å². The fourth-order valence-corrected chi connectivity index (χ4v) is 3.78. The Hall–Kier alpha value is -2.63. The summed E-state index contributed by atoms with van der Waals surface area (Å²) < 4.78 is 5.49. The Morgan fingerprint density at radius 1 is 1.17 bits per heavy atom. The van der Waals surface area contributed by atoms with Gasteiger partial charge >= 0.3 is 5.97 Å². The lowest BCUT2D eigenvalue weighted by Crippen LogP contribution is -2.43. The third-order valence-electron chi connectivity index (χ3n) is 5.24. The quantitative estimate of drug-likeness (QED) is 0.334. The molecule has 1 aliphatic heterocycles. The average Bonchev–Trinajstić information content (AvgIpc) is 2.78. The predicted octanol–water partition coefficient (Wildman–Crippen LogP) is 5.08. The molecule has 0 N–H and O–H groups in total. The van der Waals surface area contributed by atoms with Gasteiger partial charge < -0.3 is 9.57 Å². The Morgan fingerprint density at radius 3 is 2.40 bits per heavy atom. The van der Waals surface area contributed by atoms with Crippen LogP contribution in [0.5, 0.6) is 5.75 Å². The first kappa shape index (κ1) is 22.1. The average molecular weight is 428 g/mol. The molecule has 2 aromatic rings. The number of hydrogen-bond acceptors (Lipinski definition) is 5. The molecule has 1 aliphatic rings. The molecular weight excluding hydrogens is 402 g/mol. The van der Waals surface area contributed by atoms with Gasteiger partial charge in [0.1, 0.15) is 11.9 Å². The summed E-state index contributed by atoms with van der Waals surface area (Å²) in [6.45, 7) is 6.95. The van der Waals surface area contributed by atoms with Crippen LogP contribution in [-0.4, -0.2) is 36.0 Å². The number of benzene rings is 2. The molecule has 2 atom stereocenters. The van der Waals surface area contributed by atoms with Gasteiger partial charge in [-0.3, -0.25) is 4.79 Å². The highest BCUT2D eigenvalue weighted by Crippen LogP contribution is 2.26. The highest BCUT2D eigenvalue weighted by Gasteiger charge is 2.29. The van der Waals surface area contributed by atoms with E-state index in [1.54, 1.807) is 48.5 Å². The minimum Gasteiger partial charge on any atom is -0.459 e.